The number of carbonyl (C=O) groups is 1. The van der Waals surface area contributed by atoms with Gasteiger partial charge in [-0.05, 0) is 54.1 Å². The number of esters is 1. The van der Waals surface area contributed by atoms with Gasteiger partial charge in [0.05, 0.1) is 21.1 Å². The molecule has 0 amide bonds. The van der Waals surface area contributed by atoms with Crippen molar-refractivity contribution in [1.82, 2.24) is 9.38 Å². The van der Waals surface area contributed by atoms with Gasteiger partial charge in [0.15, 0.2) is 4.96 Å². The maximum atomic E-state index is 12.9. The molecule has 2 heterocycles. The van der Waals surface area contributed by atoms with E-state index in [2.05, 4.69) is 4.98 Å². The van der Waals surface area contributed by atoms with Crippen LogP contribution in [0.2, 0.25) is 5.02 Å². The molecule has 0 aliphatic carbocycles. The summed E-state index contributed by atoms with van der Waals surface area (Å²) >= 11 is 7.26. The fraction of sp³-hybridized carbons (Fsp3) is 0. The first kappa shape index (κ1) is 18.5. The lowest BCUT2D eigenvalue weighted by molar-refractivity contribution is 0.0735. The van der Waals surface area contributed by atoms with Crippen LogP contribution in [0.5, 0.6) is 5.75 Å². The maximum absolute atomic E-state index is 12.9. The van der Waals surface area contributed by atoms with Crippen LogP contribution in [-0.2, 0) is 0 Å². The number of halogens is 1. The summed E-state index contributed by atoms with van der Waals surface area (Å²) in [5.41, 5.74) is 2.58. The van der Waals surface area contributed by atoms with Crippen LogP contribution in [0.4, 0.5) is 0 Å². The van der Waals surface area contributed by atoms with Gasteiger partial charge >= 0.3 is 5.97 Å². The molecule has 5 rings (SSSR count). The number of nitrogens with zero attached hydrogens (tertiary/aromatic N) is 2. The molecule has 0 radical (unpaired) electrons. The van der Waals surface area contributed by atoms with Crippen molar-refractivity contribution >= 4 is 51.0 Å². The zero-order valence-corrected chi connectivity index (χ0v) is 17.0. The van der Waals surface area contributed by atoms with Gasteiger partial charge in [-0.1, -0.05) is 53.3 Å². The molecule has 146 valence electrons. The third-order valence-corrected chi connectivity index (χ3v) is 5.78. The number of benzene rings is 3. The van der Waals surface area contributed by atoms with Gasteiger partial charge in [-0.2, -0.15) is 0 Å². The molecule has 5 nitrogen and oxygen atoms in total. The van der Waals surface area contributed by atoms with Gasteiger partial charge in [0, 0.05) is 5.02 Å². The second kappa shape index (κ2) is 7.40. The average molecular weight is 433 g/mol. The molecule has 0 saturated carbocycles. The van der Waals surface area contributed by atoms with Crippen molar-refractivity contribution in [2.45, 2.75) is 0 Å². The number of aromatic nitrogens is 2. The number of para-hydroxylation sites is 2. The van der Waals surface area contributed by atoms with Gasteiger partial charge in [-0.25, -0.2) is 14.2 Å². The van der Waals surface area contributed by atoms with Gasteiger partial charge < -0.3 is 4.74 Å². The molecular formula is C23H13ClN2O3S. The lowest BCUT2D eigenvalue weighted by atomic mass is 10.2. The Bertz CT molecular complexity index is 1540. The topological polar surface area (TPSA) is 60.7 Å². The summed E-state index contributed by atoms with van der Waals surface area (Å²) in [6, 6.07) is 21.1. The van der Waals surface area contributed by atoms with Gasteiger partial charge in [0.2, 0.25) is 0 Å². The van der Waals surface area contributed by atoms with Gasteiger partial charge in [-0.15, -0.1) is 0 Å². The van der Waals surface area contributed by atoms with E-state index in [1.165, 1.54) is 11.3 Å². The minimum Gasteiger partial charge on any atom is -0.423 e. The number of fused-ring (bicyclic) bond motifs is 3. The van der Waals surface area contributed by atoms with Crippen LogP contribution in [-0.4, -0.2) is 15.4 Å². The van der Waals surface area contributed by atoms with Crippen molar-refractivity contribution in [3.05, 3.63) is 104 Å². The van der Waals surface area contributed by atoms with Crippen molar-refractivity contribution in [2.24, 2.45) is 0 Å². The van der Waals surface area contributed by atoms with Gasteiger partial charge in [0.25, 0.3) is 5.56 Å². The lowest BCUT2D eigenvalue weighted by Gasteiger charge is -2.05. The highest BCUT2D eigenvalue weighted by atomic mass is 35.5. The van der Waals surface area contributed by atoms with Crippen LogP contribution in [0.25, 0.3) is 22.1 Å². The minimum absolute atomic E-state index is 0.120. The molecule has 30 heavy (non-hydrogen) atoms. The van der Waals surface area contributed by atoms with Crippen LogP contribution in [0.1, 0.15) is 15.9 Å². The number of rotatable bonds is 3. The van der Waals surface area contributed by atoms with E-state index in [0.717, 1.165) is 16.6 Å². The van der Waals surface area contributed by atoms with E-state index >= 15 is 0 Å². The van der Waals surface area contributed by atoms with Crippen LogP contribution in [0.15, 0.2) is 77.6 Å². The first-order valence-corrected chi connectivity index (χ1v) is 10.3. The van der Waals surface area contributed by atoms with Crippen molar-refractivity contribution < 1.29 is 9.53 Å². The van der Waals surface area contributed by atoms with Crippen molar-refractivity contribution in [3.63, 3.8) is 0 Å². The molecule has 0 aliphatic rings. The Balaban J connectivity index is 1.50. The predicted molar refractivity (Wildman–Crippen MR) is 118 cm³/mol. The van der Waals surface area contributed by atoms with Gasteiger partial charge in [-0.3, -0.25) is 4.79 Å². The smallest absolute Gasteiger partial charge is 0.343 e. The zero-order valence-electron chi connectivity index (χ0n) is 15.4. The Labute approximate surface area is 179 Å². The summed E-state index contributed by atoms with van der Waals surface area (Å²) in [4.78, 5) is 30.4. The molecule has 0 N–H and O–H groups in total. The number of imidazole rings is 1. The summed E-state index contributed by atoms with van der Waals surface area (Å²) in [5, 5.41) is 0.463. The molecule has 2 aromatic heterocycles. The number of ether oxygens (including phenoxy) is 1. The second-order valence-corrected chi connectivity index (χ2v) is 8.05. The molecule has 0 atom stereocenters. The number of thiazole rings is 1. The molecule has 0 saturated heterocycles. The molecule has 5 aromatic rings. The zero-order chi connectivity index (χ0) is 20.7. The maximum Gasteiger partial charge on any atom is 0.343 e. The van der Waals surface area contributed by atoms with Gasteiger partial charge in [0.1, 0.15) is 5.75 Å². The van der Waals surface area contributed by atoms with E-state index in [9.17, 15) is 9.59 Å². The second-order valence-electron chi connectivity index (χ2n) is 6.61. The number of carbonyl (C=O) groups excluding carboxylic acids is 1. The van der Waals surface area contributed by atoms with Crippen LogP contribution in [0.3, 0.4) is 0 Å². The van der Waals surface area contributed by atoms with Crippen LogP contribution in [0, 0.1) is 0 Å². The highest BCUT2D eigenvalue weighted by molar-refractivity contribution is 7.15. The largest absolute Gasteiger partial charge is 0.423 e. The molecule has 0 fully saturated rings. The lowest BCUT2D eigenvalue weighted by Crippen LogP contribution is -2.22. The highest BCUT2D eigenvalue weighted by Crippen LogP contribution is 2.19. The first-order valence-electron chi connectivity index (χ1n) is 9.08. The van der Waals surface area contributed by atoms with E-state index in [-0.39, 0.29) is 5.56 Å². The molecule has 0 spiro atoms. The van der Waals surface area contributed by atoms with E-state index in [0.29, 0.717) is 25.8 Å². The summed E-state index contributed by atoms with van der Waals surface area (Å²) in [6.07, 6.45) is 1.77. The standard InChI is InChI=1S/C23H13ClN2O3S/c24-16-7-4-6-15(13-16)22(28)29-17-8-3-5-14(11-17)12-20-21(27)26-19-10-2-1-9-18(19)25-23(26)30-20/h1-13H. The highest BCUT2D eigenvalue weighted by Gasteiger charge is 2.11. The van der Waals surface area contributed by atoms with E-state index < -0.39 is 5.97 Å². The Hall–Kier alpha value is -3.48. The Morgan fingerprint density at radius 1 is 1.03 bits per heavy atom. The molecule has 7 heteroatoms. The molecule has 3 aromatic carbocycles. The normalized spacial score (nSPS) is 12.0. The monoisotopic (exact) mass is 432 g/mol. The Kier molecular flexibility index (Phi) is 4.58. The Morgan fingerprint density at radius 3 is 2.73 bits per heavy atom. The van der Waals surface area contributed by atoms with E-state index in [1.54, 1.807) is 52.9 Å². The van der Waals surface area contributed by atoms with Crippen molar-refractivity contribution in [2.75, 3.05) is 0 Å². The van der Waals surface area contributed by atoms with Crippen molar-refractivity contribution in [1.29, 1.82) is 0 Å². The van der Waals surface area contributed by atoms with E-state index in [4.69, 9.17) is 16.3 Å². The molecule has 0 bridgehead atoms. The quantitative estimate of drug-likeness (QED) is 0.314. The fourth-order valence-corrected chi connectivity index (χ4v) is 4.39. The van der Waals surface area contributed by atoms with Crippen LogP contribution >= 0.6 is 22.9 Å². The Morgan fingerprint density at radius 2 is 1.87 bits per heavy atom. The summed E-state index contributed by atoms with van der Waals surface area (Å²) in [5.74, 6) is -0.117. The minimum atomic E-state index is -0.500. The molecule has 0 aliphatic heterocycles. The molecule has 0 unspecified atom stereocenters. The van der Waals surface area contributed by atoms with Crippen molar-refractivity contribution in [3.8, 4) is 5.75 Å². The molecular weight excluding hydrogens is 420 g/mol. The average Bonchev–Trinajstić information content (AvgIpc) is 3.24. The van der Waals surface area contributed by atoms with E-state index in [1.807, 2.05) is 30.3 Å². The summed E-state index contributed by atoms with van der Waals surface area (Å²) < 4.78 is 7.63. The predicted octanol–water partition coefficient (Wildman–Crippen LogP) is 4.33. The van der Waals surface area contributed by atoms with Crippen LogP contribution < -0.4 is 14.8 Å². The third kappa shape index (κ3) is 3.36. The summed E-state index contributed by atoms with van der Waals surface area (Å²) in [6.45, 7) is 0. The summed E-state index contributed by atoms with van der Waals surface area (Å²) in [7, 11) is 0. The SMILES string of the molecule is O=C(Oc1cccc(C=c2sc3nc4ccccc4n3c2=O)c1)c1cccc(Cl)c1. The number of hydrogen-bond acceptors (Lipinski definition) is 5. The third-order valence-electron chi connectivity index (χ3n) is 4.57. The first-order chi connectivity index (χ1) is 14.6. The number of hydrogen-bond donors (Lipinski definition) is 0. The fourth-order valence-electron chi connectivity index (χ4n) is 3.21.